The first kappa shape index (κ1) is 14.5. The van der Waals surface area contributed by atoms with E-state index in [4.69, 9.17) is 10.5 Å². The van der Waals surface area contributed by atoms with Gasteiger partial charge < -0.3 is 15.8 Å². The predicted molar refractivity (Wildman–Crippen MR) is 77.6 cm³/mol. The zero-order chi connectivity index (χ0) is 13.8. The van der Waals surface area contributed by atoms with Crippen molar-refractivity contribution in [1.29, 1.82) is 0 Å². The third kappa shape index (κ3) is 3.55. The molecule has 1 aliphatic heterocycles. The van der Waals surface area contributed by atoms with Crippen LogP contribution in [0, 0.1) is 0 Å². The van der Waals surface area contributed by atoms with Gasteiger partial charge in [-0.05, 0) is 31.4 Å². The Morgan fingerprint density at radius 2 is 2.26 bits per heavy atom. The molecule has 1 heterocycles. The first-order valence-corrected chi connectivity index (χ1v) is 7.31. The van der Waals surface area contributed by atoms with E-state index < -0.39 is 0 Å². The van der Waals surface area contributed by atoms with Crippen molar-refractivity contribution in [2.24, 2.45) is 5.73 Å². The summed E-state index contributed by atoms with van der Waals surface area (Å²) < 4.78 is 6.59. The zero-order valence-electron chi connectivity index (χ0n) is 10.9. The molecule has 1 aromatic carbocycles. The van der Waals surface area contributed by atoms with Crippen molar-refractivity contribution in [3.8, 4) is 0 Å². The van der Waals surface area contributed by atoms with Crippen molar-refractivity contribution >= 4 is 21.8 Å². The number of halogens is 1. The third-order valence-corrected chi connectivity index (χ3v) is 4.12. The summed E-state index contributed by atoms with van der Waals surface area (Å²) in [7, 11) is 0. The SMILES string of the molecule is C[C@H](NC(=O)C1CCC(CN)O1)c1ccccc1Br. The molecule has 0 spiro atoms. The molecule has 0 aliphatic carbocycles. The van der Waals surface area contributed by atoms with Crippen LogP contribution in [0.2, 0.25) is 0 Å². The molecular weight excluding hydrogens is 308 g/mol. The Morgan fingerprint density at radius 3 is 2.89 bits per heavy atom. The highest BCUT2D eigenvalue weighted by Crippen LogP contribution is 2.24. The van der Waals surface area contributed by atoms with Crippen molar-refractivity contribution in [3.05, 3.63) is 34.3 Å². The van der Waals surface area contributed by atoms with Gasteiger partial charge in [-0.2, -0.15) is 0 Å². The minimum atomic E-state index is -0.363. The van der Waals surface area contributed by atoms with Crippen LogP contribution in [0.15, 0.2) is 28.7 Å². The number of hydrogen-bond acceptors (Lipinski definition) is 3. The molecule has 1 amide bonds. The molecule has 1 aliphatic rings. The van der Waals surface area contributed by atoms with Gasteiger partial charge in [-0.25, -0.2) is 0 Å². The monoisotopic (exact) mass is 326 g/mol. The second-order valence-electron chi connectivity index (χ2n) is 4.81. The van der Waals surface area contributed by atoms with E-state index in [9.17, 15) is 4.79 Å². The number of benzene rings is 1. The Bertz CT molecular complexity index is 453. The van der Waals surface area contributed by atoms with Crippen LogP contribution in [-0.4, -0.2) is 24.7 Å². The fraction of sp³-hybridized carbons (Fsp3) is 0.500. The summed E-state index contributed by atoms with van der Waals surface area (Å²) in [4.78, 5) is 12.1. The molecule has 3 atom stereocenters. The van der Waals surface area contributed by atoms with E-state index in [1.807, 2.05) is 31.2 Å². The maximum Gasteiger partial charge on any atom is 0.249 e. The molecule has 0 saturated carbocycles. The fourth-order valence-electron chi connectivity index (χ4n) is 2.28. The summed E-state index contributed by atoms with van der Waals surface area (Å²) in [6.45, 7) is 2.44. The van der Waals surface area contributed by atoms with Gasteiger partial charge in [0.2, 0.25) is 5.91 Å². The van der Waals surface area contributed by atoms with E-state index in [0.29, 0.717) is 6.54 Å². The number of carbonyl (C=O) groups is 1. The lowest BCUT2D eigenvalue weighted by Crippen LogP contribution is -2.37. The maximum absolute atomic E-state index is 12.1. The number of amides is 1. The smallest absolute Gasteiger partial charge is 0.249 e. The Kier molecular flexibility index (Phi) is 4.96. The largest absolute Gasteiger partial charge is 0.364 e. The van der Waals surface area contributed by atoms with E-state index in [1.165, 1.54) is 0 Å². The summed E-state index contributed by atoms with van der Waals surface area (Å²) >= 11 is 3.49. The van der Waals surface area contributed by atoms with Gasteiger partial charge in [-0.1, -0.05) is 34.1 Å². The molecule has 0 radical (unpaired) electrons. The first-order chi connectivity index (χ1) is 9.11. The average Bonchev–Trinajstić information content (AvgIpc) is 2.88. The number of ether oxygens (including phenoxy) is 1. The minimum Gasteiger partial charge on any atom is -0.364 e. The van der Waals surface area contributed by atoms with Crippen LogP contribution >= 0.6 is 15.9 Å². The first-order valence-electron chi connectivity index (χ1n) is 6.52. The molecule has 19 heavy (non-hydrogen) atoms. The average molecular weight is 327 g/mol. The summed E-state index contributed by atoms with van der Waals surface area (Å²) in [5.74, 6) is -0.0563. The van der Waals surface area contributed by atoms with Gasteiger partial charge in [0.05, 0.1) is 12.1 Å². The number of hydrogen-bond donors (Lipinski definition) is 2. The molecular formula is C14H19BrN2O2. The fourth-order valence-corrected chi connectivity index (χ4v) is 2.91. The molecule has 3 N–H and O–H groups in total. The van der Waals surface area contributed by atoms with E-state index in [0.717, 1.165) is 22.9 Å². The van der Waals surface area contributed by atoms with Crippen molar-refractivity contribution < 1.29 is 9.53 Å². The second-order valence-corrected chi connectivity index (χ2v) is 5.67. The quantitative estimate of drug-likeness (QED) is 0.890. The highest BCUT2D eigenvalue weighted by molar-refractivity contribution is 9.10. The molecule has 104 valence electrons. The zero-order valence-corrected chi connectivity index (χ0v) is 12.5. The van der Waals surface area contributed by atoms with E-state index in [-0.39, 0.29) is 24.2 Å². The summed E-state index contributed by atoms with van der Waals surface area (Å²) in [5, 5.41) is 2.99. The van der Waals surface area contributed by atoms with Crippen molar-refractivity contribution in [3.63, 3.8) is 0 Å². The lowest BCUT2D eigenvalue weighted by atomic mass is 10.1. The maximum atomic E-state index is 12.1. The summed E-state index contributed by atoms with van der Waals surface area (Å²) in [5.41, 5.74) is 6.60. The third-order valence-electron chi connectivity index (χ3n) is 3.39. The Morgan fingerprint density at radius 1 is 1.53 bits per heavy atom. The highest BCUT2D eigenvalue weighted by atomic mass is 79.9. The molecule has 2 rings (SSSR count). The van der Waals surface area contributed by atoms with Gasteiger partial charge in [0.25, 0.3) is 0 Å². The van der Waals surface area contributed by atoms with Crippen molar-refractivity contribution in [1.82, 2.24) is 5.32 Å². The molecule has 2 unspecified atom stereocenters. The van der Waals surface area contributed by atoms with E-state index >= 15 is 0 Å². The van der Waals surface area contributed by atoms with Crippen molar-refractivity contribution in [2.75, 3.05) is 6.54 Å². The molecule has 1 fully saturated rings. The molecule has 1 aromatic rings. The number of nitrogens with one attached hydrogen (secondary N) is 1. The lowest BCUT2D eigenvalue weighted by molar-refractivity contribution is -0.132. The second kappa shape index (κ2) is 6.50. The molecule has 0 bridgehead atoms. The summed E-state index contributed by atoms with van der Waals surface area (Å²) in [6, 6.07) is 7.82. The van der Waals surface area contributed by atoms with Gasteiger partial charge >= 0.3 is 0 Å². The van der Waals surface area contributed by atoms with Crippen LogP contribution in [0.1, 0.15) is 31.4 Å². The van der Waals surface area contributed by atoms with Gasteiger partial charge in [0.1, 0.15) is 6.10 Å². The van der Waals surface area contributed by atoms with Crippen LogP contribution in [0.25, 0.3) is 0 Å². The Hall–Kier alpha value is -0.910. The van der Waals surface area contributed by atoms with Gasteiger partial charge in [0, 0.05) is 11.0 Å². The van der Waals surface area contributed by atoms with Gasteiger partial charge in [-0.15, -0.1) is 0 Å². The molecule has 4 nitrogen and oxygen atoms in total. The van der Waals surface area contributed by atoms with Crippen LogP contribution in [0.3, 0.4) is 0 Å². The highest BCUT2D eigenvalue weighted by Gasteiger charge is 2.30. The summed E-state index contributed by atoms with van der Waals surface area (Å²) in [6.07, 6.45) is 1.27. The van der Waals surface area contributed by atoms with Gasteiger partial charge in [0.15, 0.2) is 0 Å². The van der Waals surface area contributed by atoms with E-state index in [2.05, 4.69) is 21.2 Å². The number of nitrogens with two attached hydrogens (primary N) is 1. The Labute approximate surface area is 121 Å². The normalized spacial score (nSPS) is 24.2. The Balaban J connectivity index is 1.94. The number of rotatable bonds is 4. The van der Waals surface area contributed by atoms with Crippen molar-refractivity contribution in [2.45, 2.75) is 38.0 Å². The minimum absolute atomic E-state index is 0.0227. The molecule has 1 saturated heterocycles. The van der Waals surface area contributed by atoms with Crippen LogP contribution < -0.4 is 11.1 Å². The van der Waals surface area contributed by atoms with Crippen LogP contribution in [0.5, 0.6) is 0 Å². The van der Waals surface area contributed by atoms with Crippen LogP contribution in [-0.2, 0) is 9.53 Å². The standard InChI is InChI=1S/C14H19BrN2O2/c1-9(11-4-2-3-5-12(11)15)17-14(18)13-7-6-10(8-16)19-13/h2-5,9-10,13H,6-8,16H2,1H3,(H,17,18)/t9-,10?,13?/m0/s1. The topological polar surface area (TPSA) is 64.4 Å². The molecule has 5 heteroatoms. The van der Waals surface area contributed by atoms with E-state index in [1.54, 1.807) is 0 Å². The lowest BCUT2D eigenvalue weighted by Gasteiger charge is -2.19. The number of carbonyl (C=O) groups excluding carboxylic acids is 1. The molecule has 0 aromatic heterocycles. The van der Waals surface area contributed by atoms with Gasteiger partial charge in [-0.3, -0.25) is 4.79 Å². The van der Waals surface area contributed by atoms with Crippen LogP contribution in [0.4, 0.5) is 0 Å². The predicted octanol–water partition coefficient (Wildman–Crippen LogP) is 2.13.